The summed E-state index contributed by atoms with van der Waals surface area (Å²) in [7, 11) is 0. The molecule has 0 unspecified atom stereocenters. The number of hydrogen-bond donors (Lipinski definition) is 0. The highest BCUT2D eigenvalue weighted by Gasteiger charge is 1.95. The van der Waals surface area contributed by atoms with Crippen molar-refractivity contribution in [1.82, 2.24) is 9.97 Å². The number of benzene rings is 1. The van der Waals surface area contributed by atoms with Gasteiger partial charge in [-0.2, -0.15) is 0 Å². The number of nitrogens with zero attached hydrogens (tertiary/aromatic N) is 2. The molecular weight excluding hydrogens is 240 g/mol. The maximum Gasteiger partial charge on any atom is 0.125 e. The molecule has 0 spiro atoms. The summed E-state index contributed by atoms with van der Waals surface area (Å²) >= 11 is 3.40. The van der Waals surface area contributed by atoms with Crippen LogP contribution in [-0.2, 0) is 0 Å². The summed E-state index contributed by atoms with van der Waals surface area (Å²) in [6, 6.07) is 5.97. The van der Waals surface area contributed by atoms with Crippen LogP contribution in [0.3, 0.4) is 0 Å². The molecule has 0 atom stereocenters. The first-order chi connectivity index (χ1) is 6.75. The average Bonchev–Trinajstić information content (AvgIpc) is 2.21. The van der Waals surface area contributed by atoms with Crippen molar-refractivity contribution in [1.29, 1.82) is 0 Å². The van der Waals surface area contributed by atoms with Gasteiger partial charge in [0.2, 0.25) is 0 Å². The van der Waals surface area contributed by atoms with Crippen LogP contribution >= 0.6 is 15.9 Å². The average molecular weight is 253 g/mol. The molecule has 0 saturated carbocycles. The third-order valence-electron chi connectivity index (χ3n) is 1.66. The first kappa shape index (κ1) is 11.1. The van der Waals surface area contributed by atoms with E-state index in [9.17, 15) is 0 Å². The van der Waals surface area contributed by atoms with Crippen LogP contribution in [0.4, 0.5) is 0 Å². The normalized spacial score (nSPS) is 9.43. The van der Waals surface area contributed by atoms with Crippen molar-refractivity contribution in [3.05, 3.63) is 34.7 Å². The second-order valence-electron chi connectivity index (χ2n) is 2.62. The Morgan fingerprint density at radius 2 is 1.93 bits per heavy atom. The highest BCUT2D eigenvalue weighted by Crippen LogP contribution is 2.16. The summed E-state index contributed by atoms with van der Waals surface area (Å²) in [5.41, 5.74) is 0.991. The molecule has 1 aromatic heterocycles. The van der Waals surface area contributed by atoms with Crippen molar-refractivity contribution >= 4 is 26.8 Å². The molecule has 0 amide bonds. The molecule has 0 aliphatic heterocycles. The van der Waals surface area contributed by atoms with Crippen LogP contribution in [0.15, 0.2) is 28.9 Å². The SMILES string of the molecule is CC.Cc1ncc2cc(Br)ccc2n1. The maximum absolute atomic E-state index is 4.28. The molecule has 0 aliphatic carbocycles. The lowest BCUT2D eigenvalue weighted by molar-refractivity contribution is 1.09. The lowest BCUT2D eigenvalue weighted by Crippen LogP contribution is -1.86. The number of hydrogen-bond acceptors (Lipinski definition) is 2. The number of rotatable bonds is 0. The molecule has 3 heteroatoms. The predicted octanol–water partition coefficient (Wildman–Crippen LogP) is 3.73. The third kappa shape index (κ3) is 2.51. The van der Waals surface area contributed by atoms with Gasteiger partial charge in [-0.25, -0.2) is 9.97 Å². The van der Waals surface area contributed by atoms with Crippen molar-refractivity contribution in [3.8, 4) is 0 Å². The Morgan fingerprint density at radius 1 is 1.21 bits per heavy atom. The fraction of sp³-hybridized carbons (Fsp3) is 0.273. The van der Waals surface area contributed by atoms with Gasteiger partial charge < -0.3 is 0 Å². The Morgan fingerprint density at radius 3 is 2.64 bits per heavy atom. The molecule has 74 valence electrons. The van der Waals surface area contributed by atoms with E-state index < -0.39 is 0 Å². The zero-order chi connectivity index (χ0) is 10.6. The fourth-order valence-electron chi connectivity index (χ4n) is 1.10. The molecule has 0 aliphatic rings. The van der Waals surface area contributed by atoms with Gasteiger partial charge in [0.25, 0.3) is 0 Å². The fourth-order valence-corrected chi connectivity index (χ4v) is 1.48. The maximum atomic E-state index is 4.28. The molecule has 2 rings (SSSR count). The molecule has 0 saturated heterocycles. The van der Waals surface area contributed by atoms with E-state index in [1.807, 2.05) is 45.2 Å². The summed E-state index contributed by atoms with van der Waals surface area (Å²) in [4.78, 5) is 8.40. The standard InChI is InChI=1S/C9H7BrN2.C2H6/c1-6-11-5-7-4-8(10)2-3-9(7)12-6;1-2/h2-5H,1H3;1-2H3. The smallest absolute Gasteiger partial charge is 0.125 e. The lowest BCUT2D eigenvalue weighted by Gasteiger charge is -1.97. The van der Waals surface area contributed by atoms with Crippen molar-refractivity contribution in [3.63, 3.8) is 0 Å². The number of aromatic nitrogens is 2. The molecule has 14 heavy (non-hydrogen) atoms. The molecule has 0 radical (unpaired) electrons. The van der Waals surface area contributed by atoms with E-state index in [0.29, 0.717) is 0 Å². The highest BCUT2D eigenvalue weighted by atomic mass is 79.9. The summed E-state index contributed by atoms with van der Waals surface area (Å²) in [5.74, 6) is 0.810. The molecule has 2 nitrogen and oxygen atoms in total. The minimum absolute atomic E-state index is 0.810. The largest absolute Gasteiger partial charge is 0.241 e. The predicted molar refractivity (Wildman–Crippen MR) is 63.3 cm³/mol. The Labute approximate surface area is 92.5 Å². The monoisotopic (exact) mass is 252 g/mol. The first-order valence-corrected chi connectivity index (χ1v) is 5.44. The minimum Gasteiger partial charge on any atom is -0.241 e. The Hall–Kier alpha value is -0.960. The number of aryl methyl sites for hydroxylation is 1. The summed E-state index contributed by atoms with van der Waals surface area (Å²) in [6.45, 7) is 5.89. The van der Waals surface area contributed by atoms with Gasteiger partial charge in [-0.15, -0.1) is 0 Å². The topological polar surface area (TPSA) is 25.8 Å². The van der Waals surface area contributed by atoms with Gasteiger partial charge in [-0.1, -0.05) is 29.8 Å². The van der Waals surface area contributed by atoms with Gasteiger partial charge >= 0.3 is 0 Å². The van der Waals surface area contributed by atoms with Crippen LogP contribution in [-0.4, -0.2) is 9.97 Å². The van der Waals surface area contributed by atoms with E-state index in [1.54, 1.807) is 0 Å². The van der Waals surface area contributed by atoms with Crippen molar-refractivity contribution in [2.24, 2.45) is 0 Å². The quantitative estimate of drug-likeness (QED) is 0.714. The van der Waals surface area contributed by atoms with Crippen molar-refractivity contribution < 1.29 is 0 Å². The van der Waals surface area contributed by atoms with Crippen LogP contribution in [0.2, 0.25) is 0 Å². The lowest BCUT2D eigenvalue weighted by atomic mass is 10.2. The van der Waals surface area contributed by atoms with Crippen molar-refractivity contribution in [2.45, 2.75) is 20.8 Å². The van der Waals surface area contributed by atoms with Crippen LogP contribution < -0.4 is 0 Å². The van der Waals surface area contributed by atoms with Crippen molar-refractivity contribution in [2.75, 3.05) is 0 Å². The van der Waals surface area contributed by atoms with E-state index in [2.05, 4.69) is 25.9 Å². The Kier molecular flexibility index (Phi) is 4.01. The van der Waals surface area contributed by atoms with E-state index in [0.717, 1.165) is 21.2 Å². The second-order valence-corrected chi connectivity index (χ2v) is 3.54. The molecule has 1 aromatic carbocycles. The number of halogens is 1. The van der Waals surface area contributed by atoms with E-state index >= 15 is 0 Å². The zero-order valence-corrected chi connectivity index (χ0v) is 10.2. The van der Waals surface area contributed by atoms with Gasteiger partial charge in [0.15, 0.2) is 0 Å². The summed E-state index contributed by atoms with van der Waals surface area (Å²) in [6.07, 6.45) is 1.84. The van der Waals surface area contributed by atoms with Gasteiger partial charge in [0, 0.05) is 16.1 Å². The highest BCUT2D eigenvalue weighted by molar-refractivity contribution is 9.10. The second kappa shape index (κ2) is 5.05. The zero-order valence-electron chi connectivity index (χ0n) is 8.58. The molecule has 2 aromatic rings. The summed E-state index contributed by atoms with van der Waals surface area (Å²) < 4.78 is 1.06. The van der Waals surface area contributed by atoms with Crippen LogP contribution in [0.1, 0.15) is 19.7 Å². The van der Waals surface area contributed by atoms with Crippen LogP contribution in [0.25, 0.3) is 10.9 Å². The van der Waals surface area contributed by atoms with E-state index in [-0.39, 0.29) is 0 Å². The third-order valence-corrected chi connectivity index (χ3v) is 2.16. The van der Waals surface area contributed by atoms with Gasteiger partial charge in [0.05, 0.1) is 5.52 Å². The van der Waals surface area contributed by atoms with E-state index in [4.69, 9.17) is 0 Å². The molecular formula is C11H13BrN2. The minimum atomic E-state index is 0.810. The first-order valence-electron chi connectivity index (χ1n) is 4.64. The molecule has 0 bridgehead atoms. The molecule has 1 heterocycles. The molecule has 0 N–H and O–H groups in total. The van der Waals surface area contributed by atoms with Crippen LogP contribution in [0.5, 0.6) is 0 Å². The van der Waals surface area contributed by atoms with E-state index in [1.165, 1.54) is 0 Å². The van der Waals surface area contributed by atoms with Crippen LogP contribution in [0, 0.1) is 6.92 Å². The molecule has 0 fully saturated rings. The van der Waals surface area contributed by atoms with Gasteiger partial charge in [-0.3, -0.25) is 0 Å². The number of fused-ring (bicyclic) bond motifs is 1. The Balaban J connectivity index is 0.000000461. The van der Waals surface area contributed by atoms with Gasteiger partial charge in [-0.05, 0) is 25.1 Å². The Bertz CT molecular complexity index is 385. The van der Waals surface area contributed by atoms with Gasteiger partial charge in [0.1, 0.15) is 5.82 Å². The summed E-state index contributed by atoms with van der Waals surface area (Å²) in [5, 5.41) is 1.06.